The van der Waals surface area contributed by atoms with E-state index < -0.39 is 21.7 Å². The average molecular weight is 609 g/mol. The zero-order valence-corrected chi connectivity index (χ0v) is 26.2. The maximum Gasteiger partial charge on any atom is 0.534 e. The number of carboxylic acid groups (broad SMARTS) is 1. The van der Waals surface area contributed by atoms with Crippen molar-refractivity contribution in [1.29, 1.82) is 0 Å². The Morgan fingerprint density at radius 1 is 1.02 bits per heavy atom. The van der Waals surface area contributed by atoms with E-state index in [2.05, 4.69) is 57.5 Å². The van der Waals surface area contributed by atoms with E-state index in [1.165, 1.54) is 17.0 Å². The second-order valence-corrected chi connectivity index (χ2v) is 14.4. The van der Waals surface area contributed by atoms with Crippen molar-refractivity contribution in [1.82, 2.24) is 9.80 Å². The summed E-state index contributed by atoms with van der Waals surface area (Å²) in [6.45, 7) is 17.3. The number of fused-ring (bicyclic) bond motifs is 1. The summed E-state index contributed by atoms with van der Waals surface area (Å²) in [6, 6.07) is 4.50. The van der Waals surface area contributed by atoms with Crippen molar-refractivity contribution in [2.75, 3.05) is 26.2 Å². The first-order chi connectivity index (χ1) is 18.7. The molecule has 2 aliphatic rings. The van der Waals surface area contributed by atoms with Crippen LogP contribution in [0.2, 0.25) is 0 Å². The molecule has 1 aliphatic heterocycles. The lowest BCUT2D eigenvalue weighted by Gasteiger charge is -2.39. The fourth-order valence-corrected chi connectivity index (χ4v) is 5.97. The number of hydrogen-bond donors (Lipinski definition) is 1. The summed E-state index contributed by atoms with van der Waals surface area (Å²) < 4.78 is 70.5. The van der Waals surface area contributed by atoms with Gasteiger partial charge in [0.2, 0.25) is 0 Å². The molecule has 41 heavy (non-hydrogen) atoms. The molecule has 236 valence electrons. The zero-order chi connectivity index (χ0) is 31.2. The van der Waals surface area contributed by atoms with Crippen LogP contribution in [0.15, 0.2) is 18.2 Å². The minimum Gasteiger partial charge on any atom is -0.465 e. The second kappa shape index (κ2) is 13.9. The summed E-state index contributed by atoms with van der Waals surface area (Å²) >= 11 is 0. The second-order valence-electron chi connectivity index (χ2n) is 12.8. The summed E-state index contributed by atoms with van der Waals surface area (Å²) in [5.41, 5.74) is -3.71. The number of benzene rings is 1. The molecule has 0 radical (unpaired) electrons. The van der Waals surface area contributed by atoms with E-state index in [-0.39, 0.29) is 23.0 Å². The first-order valence-electron chi connectivity index (χ1n) is 14.3. The molecule has 1 atom stereocenters. The molecule has 1 saturated heterocycles. The van der Waals surface area contributed by atoms with E-state index in [1.54, 1.807) is 6.07 Å². The molecule has 1 unspecified atom stereocenters. The van der Waals surface area contributed by atoms with Crippen molar-refractivity contribution in [3.05, 3.63) is 29.3 Å². The standard InChI is InChI=1S/C21H29F3N2O5S.C8H18O/c1-2-9-26(14-15-7-10-25(11-8-15)20(27)28)18-5-3-16-4-6-19(13-17(16)12-18)31-32(29,30)21(22,23)24;1-7(2,3)9-8(4,5)6/h4,6,13,15,18H,2-3,5,7-12,14H2,1H3,(H,27,28);1-6H3. The van der Waals surface area contributed by atoms with Crippen molar-refractivity contribution in [3.8, 4) is 5.75 Å². The van der Waals surface area contributed by atoms with Gasteiger partial charge in [0.15, 0.2) is 0 Å². The quantitative estimate of drug-likeness (QED) is 0.280. The molecule has 1 amide bonds. The van der Waals surface area contributed by atoms with Crippen LogP contribution in [0.1, 0.15) is 85.3 Å². The van der Waals surface area contributed by atoms with Crippen molar-refractivity contribution >= 4 is 16.2 Å². The Labute approximate surface area is 243 Å². The normalized spacial score (nSPS) is 18.9. The molecule has 0 spiro atoms. The van der Waals surface area contributed by atoms with E-state index in [4.69, 9.17) is 9.84 Å². The molecular weight excluding hydrogens is 561 g/mol. The fourth-order valence-electron chi connectivity index (χ4n) is 5.52. The van der Waals surface area contributed by atoms with E-state index in [1.807, 2.05) is 0 Å². The van der Waals surface area contributed by atoms with Gasteiger partial charge < -0.3 is 18.9 Å². The number of nitrogens with zero attached hydrogens (tertiary/aromatic N) is 2. The summed E-state index contributed by atoms with van der Waals surface area (Å²) in [5.74, 6) is 0.0648. The Morgan fingerprint density at radius 3 is 2.07 bits per heavy atom. The molecule has 1 aromatic carbocycles. The number of aryl methyl sites for hydroxylation is 1. The Morgan fingerprint density at radius 2 is 1.61 bits per heavy atom. The van der Waals surface area contributed by atoms with Gasteiger partial charge in [0.05, 0.1) is 11.2 Å². The van der Waals surface area contributed by atoms with Gasteiger partial charge in [-0.3, -0.25) is 4.90 Å². The van der Waals surface area contributed by atoms with Gasteiger partial charge in [0.25, 0.3) is 0 Å². The van der Waals surface area contributed by atoms with Crippen LogP contribution in [0.4, 0.5) is 18.0 Å². The molecule has 1 fully saturated rings. The predicted molar refractivity (Wildman–Crippen MR) is 153 cm³/mol. The van der Waals surface area contributed by atoms with E-state index in [0.29, 0.717) is 25.4 Å². The maximum absolute atomic E-state index is 12.6. The number of amides is 1. The number of rotatable bonds is 7. The number of alkyl halides is 3. The van der Waals surface area contributed by atoms with Crippen LogP contribution < -0.4 is 4.18 Å². The van der Waals surface area contributed by atoms with Crippen molar-refractivity contribution in [2.24, 2.45) is 5.92 Å². The third-order valence-electron chi connectivity index (χ3n) is 6.89. The van der Waals surface area contributed by atoms with Gasteiger partial charge in [0.1, 0.15) is 5.75 Å². The highest BCUT2D eigenvalue weighted by Gasteiger charge is 2.48. The van der Waals surface area contributed by atoms with Gasteiger partial charge in [-0.2, -0.15) is 21.6 Å². The molecular formula is C29H47F3N2O6S. The minimum absolute atomic E-state index is 0.0156. The van der Waals surface area contributed by atoms with Crippen LogP contribution in [0.3, 0.4) is 0 Å². The highest BCUT2D eigenvalue weighted by molar-refractivity contribution is 7.88. The van der Waals surface area contributed by atoms with Gasteiger partial charge >= 0.3 is 21.7 Å². The first-order valence-corrected chi connectivity index (χ1v) is 15.7. The van der Waals surface area contributed by atoms with Crippen LogP contribution >= 0.6 is 0 Å². The molecule has 1 aliphatic carbocycles. The number of hydrogen-bond acceptors (Lipinski definition) is 6. The Balaban J connectivity index is 0.000000564. The lowest BCUT2D eigenvalue weighted by Crippen LogP contribution is -2.45. The predicted octanol–water partition coefficient (Wildman–Crippen LogP) is 6.47. The number of likely N-dealkylation sites (tertiary alicyclic amines) is 1. The lowest BCUT2D eigenvalue weighted by atomic mass is 9.86. The molecule has 1 heterocycles. The van der Waals surface area contributed by atoms with Crippen molar-refractivity contribution in [2.45, 2.75) is 110 Å². The SMILES string of the molecule is CC(C)(C)OC(C)(C)C.CCCN(CC1CCN(C(=O)O)CC1)C1CCc2ccc(OS(=O)(=O)C(F)(F)F)cc2C1. The van der Waals surface area contributed by atoms with Gasteiger partial charge in [-0.1, -0.05) is 13.0 Å². The van der Waals surface area contributed by atoms with E-state index >= 15 is 0 Å². The van der Waals surface area contributed by atoms with Crippen LogP contribution in [0.5, 0.6) is 5.75 Å². The molecule has 1 N–H and O–H groups in total. The number of halogens is 3. The van der Waals surface area contributed by atoms with Crippen LogP contribution in [0.25, 0.3) is 0 Å². The topological polar surface area (TPSA) is 96.4 Å². The summed E-state index contributed by atoms with van der Waals surface area (Å²) in [6.07, 6.45) is 3.94. The Bertz CT molecular complexity index is 1090. The van der Waals surface area contributed by atoms with Crippen molar-refractivity contribution < 1.29 is 40.4 Å². The van der Waals surface area contributed by atoms with Crippen LogP contribution in [0, 0.1) is 5.92 Å². The van der Waals surface area contributed by atoms with Gasteiger partial charge in [-0.05, 0) is 116 Å². The number of carbonyl (C=O) groups is 1. The number of piperidine rings is 1. The Hall–Kier alpha value is -2.05. The third-order valence-corrected chi connectivity index (χ3v) is 7.87. The molecule has 3 rings (SSSR count). The van der Waals surface area contributed by atoms with Crippen molar-refractivity contribution in [3.63, 3.8) is 0 Å². The average Bonchev–Trinajstić information content (AvgIpc) is 2.81. The number of ether oxygens (including phenoxy) is 1. The summed E-state index contributed by atoms with van der Waals surface area (Å²) in [5, 5.41) is 9.13. The molecule has 0 saturated carbocycles. The minimum atomic E-state index is -5.70. The Kier molecular flexibility index (Phi) is 12.0. The zero-order valence-electron chi connectivity index (χ0n) is 25.4. The third kappa shape index (κ3) is 11.6. The molecule has 0 bridgehead atoms. The van der Waals surface area contributed by atoms with E-state index in [9.17, 15) is 26.4 Å². The monoisotopic (exact) mass is 608 g/mol. The maximum atomic E-state index is 12.6. The molecule has 0 aromatic heterocycles. The molecule has 8 nitrogen and oxygen atoms in total. The molecule has 1 aromatic rings. The highest BCUT2D eigenvalue weighted by Crippen LogP contribution is 2.32. The van der Waals surface area contributed by atoms with E-state index in [0.717, 1.165) is 56.3 Å². The largest absolute Gasteiger partial charge is 0.534 e. The van der Waals surface area contributed by atoms with Gasteiger partial charge in [-0.15, -0.1) is 0 Å². The highest BCUT2D eigenvalue weighted by atomic mass is 32.2. The van der Waals surface area contributed by atoms with Gasteiger partial charge in [0, 0.05) is 25.7 Å². The summed E-state index contributed by atoms with van der Waals surface area (Å²) in [4.78, 5) is 15.0. The smallest absolute Gasteiger partial charge is 0.465 e. The lowest BCUT2D eigenvalue weighted by molar-refractivity contribution is -0.102. The molecule has 12 heteroatoms. The fraction of sp³-hybridized carbons (Fsp3) is 0.759. The van der Waals surface area contributed by atoms with Crippen LogP contribution in [-0.4, -0.2) is 78.3 Å². The van der Waals surface area contributed by atoms with Crippen LogP contribution in [-0.2, 0) is 27.7 Å². The first kappa shape index (κ1) is 35.1. The summed E-state index contributed by atoms with van der Waals surface area (Å²) in [7, 11) is -5.70. The van der Waals surface area contributed by atoms with Gasteiger partial charge in [-0.25, -0.2) is 4.79 Å².